The van der Waals surface area contributed by atoms with Gasteiger partial charge in [0.1, 0.15) is 5.58 Å². The van der Waals surface area contributed by atoms with Crippen molar-refractivity contribution >= 4 is 32.8 Å². The summed E-state index contributed by atoms with van der Waals surface area (Å²) in [4.78, 5) is 28.3. The summed E-state index contributed by atoms with van der Waals surface area (Å²) in [6, 6.07) is 14.3. The molecule has 6 heteroatoms. The number of amides is 1. The van der Waals surface area contributed by atoms with Crippen LogP contribution in [0.15, 0.2) is 62.2 Å². The second-order valence-electron chi connectivity index (χ2n) is 7.40. The topological polar surface area (TPSA) is 59.8 Å². The number of halogens is 1. The van der Waals surface area contributed by atoms with Crippen molar-refractivity contribution in [3.63, 3.8) is 0 Å². The zero-order valence-corrected chi connectivity index (χ0v) is 17.9. The van der Waals surface area contributed by atoms with Gasteiger partial charge in [0.15, 0.2) is 5.43 Å². The largest absolute Gasteiger partial charge is 0.450 e. The van der Waals surface area contributed by atoms with Crippen LogP contribution in [0.2, 0.25) is 0 Å². The molecule has 3 aromatic rings. The van der Waals surface area contributed by atoms with Gasteiger partial charge in [-0.25, -0.2) is 0 Å². The maximum Gasteiger partial charge on any atom is 0.290 e. The van der Waals surface area contributed by atoms with Gasteiger partial charge in [-0.15, -0.1) is 0 Å². The van der Waals surface area contributed by atoms with Crippen LogP contribution in [0.5, 0.6) is 0 Å². The minimum absolute atomic E-state index is 0.135. The highest BCUT2D eigenvalue weighted by atomic mass is 79.9. The molecule has 1 amide bonds. The fourth-order valence-electron chi connectivity index (χ4n) is 3.77. The minimum Gasteiger partial charge on any atom is -0.450 e. The predicted octanol–water partition coefficient (Wildman–Crippen LogP) is 4.92. The number of fused-ring (bicyclic) bond motifs is 2. The summed E-state index contributed by atoms with van der Waals surface area (Å²) >= 11 is 3.50. The lowest BCUT2D eigenvalue weighted by molar-refractivity contribution is 0.0593. The van der Waals surface area contributed by atoms with E-state index in [-0.39, 0.29) is 23.2 Å². The molecule has 0 fully saturated rings. The minimum atomic E-state index is -0.477. The number of para-hydroxylation sites is 1. The molecule has 1 aromatic heterocycles. The SMILES string of the molecule is CC(C)OCCCN1C(=O)c2oc3ccccc3c(=O)c2C1c1cccc(Br)c1. The Morgan fingerprint density at radius 1 is 1.14 bits per heavy atom. The maximum absolute atomic E-state index is 13.3. The highest BCUT2D eigenvalue weighted by molar-refractivity contribution is 9.10. The molecule has 1 atom stereocenters. The van der Waals surface area contributed by atoms with Crippen molar-refractivity contribution in [3.8, 4) is 0 Å². The van der Waals surface area contributed by atoms with Gasteiger partial charge in [-0.3, -0.25) is 9.59 Å². The highest BCUT2D eigenvalue weighted by Crippen LogP contribution is 2.38. The van der Waals surface area contributed by atoms with E-state index in [1.54, 1.807) is 29.2 Å². The molecule has 0 N–H and O–H groups in total. The number of carbonyl (C=O) groups is 1. The molecule has 0 saturated carbocycles. The standard InChI is InChI=1S/C23H22BrNO4/c1-14(2)28-12-6-11-25-20(15-7-5-8-16(24)13-15)19-21(26)17-9-3-4-10-18(17)29-22(19)23(25)27/h3-5,7-10,13-14,20H,6,11-12H2,1-2H3. The third-order valence-corrected chi connectivity index (χ3v) is 5.53. The molecular weight excluding hydrogens is 434 g/mol. The fourth-order valence-corrected chi connectivity index (χ4v) is 4.19. The predicted molar refractivity (Wildman–Crippen MR) is 115 cm³/mol. The Kier molecular flexibility index (Phi) is 5.56. The molecular formula is C23H22BrNO4. The van der Waals surface area contributed by atoms with Crippen LogP contribution >= 0.6 is 15.9 Å². The van der Waals surface area contributed by atoms with Crippen molar-refractivity contribution in [1.29, 1.82) is 0 Å². The molecule has 0 spiro atoms. The van der Waals surface area contributed by atoms with Gasteiger partial charge in [-0.2, -0.15) is 0 Å². The number of ether oxygens (including phenoxy) is 1. The van der Waals surface area contributed by atoms with Crippen molar-refractivity contribution in [3.05, 3.63) is 80.1 Å². The summed E-state index contributed by atoms with van der Waals surface area (Å²) in [6.07, 6.45) is 0.812. The molecule has 0 saturated heterocycles. The molecule has 150 valence electrons. The zero-order chi connectivity index (χ0) is 20.5. The van der Waals surface area contributed by atoms with Crippen molar-refractivity contribution in [1.82, 2.24) is 4.90 Å². The van der Waals surface area contributed by atoms with Crippen molar-refractivity contribution < 1.29 is 13.9 Å². The molecule has 4 rings (SSSR count). The average molecular weight is 456 g/mol. The normalized spacial score (nSPS) is 16.1. The highest BCUT2D eigenvalue weighted by Gasteiger charge is 2.42. The Bertz CT molecular complexity index is 1120. The van der Waals surface area contributed by atoms with Crippen LogP contribution in [0.3, 0.4) is 0 Å². The summed E-state index contributed by atoms with van der Waals surface area (Å²) in [7, 11) is 0. The van der Waals surface area contributed by atoms with E-state index in [0.29, 0.717) is 36.1 Å². The summed E-state index contributed by atoms with van der Waals surface area (Å²) in [5.41, 5.74) is 1.57. The van der Waals surface area contributed by atoms with Crippen LogP contribution in [-0.2, 0) is 4.74 Å². The number of hydrogen-bond donors (Lipinski definition) is 0. The van der Waals surface area contributed by atoms with E-state index >= 15 is 0 Å². The van der Waals surface area contributed by atoms with Gasteiger partial charge >= 0.3 is 0 Å². The van der Waals surface area contributed by atoms with Crippen LogP contribution in [0.4, 0.5) is 0 Å². The third kappa shape index (κ3) is 3.74. The van der Waals surface area contributed by atoms with Crippen LogP contribution in [-0.4, -0.2) is 30.1 Å². The Labute approximate surface area is 177 Å². The maximum atomic E-state index is 13.3. The summed E-state index contributed by atoms with van der Waals surface area (Å²) in [6.45, 7) is 4.99. The van der Waals surface area contributed by atoms with E-state index in [2.05, 4.69) is 15.9 Å². The quantitative estimate of drug-likeness (QED) is 0.495. The zero-order valence-electron chi connectivity index (χ0n) is 16.4. The monoisotopic (exact) mass is 455 g/mol. The van der Waals surface area contributed by atoms with E-state index in [4.69, 9.17) is 9.15 Å². The summed E-state index contributed by atoms with van der Waals surface area (Å²) in [5, 5.41) is 0.490. The molecule has 1 unspecified atom stereocenters. The first kappa shape index (κ1) is 19.9. The lowest BCUT2D eigenvalue weighted by Gasteiger charge is -2.25. The molecule has 0 bridgehead atoms. The average Bonchev–Trinajstić information content (AvgIpc) is 2.98. The number of rotatable bonds is 6. The molecule has 29 heavy (non-hydrogen) atoms. The first-order chi connectivity index (χ1) is 14.0. The second-order valence-corrected chi connectivity index (χ2v) is 8.32. The Hall–Kier alpha value is -2.44. The van der Waals surface area contributed by atoms with Gasteiger partial charge in [0.05, 0.1) is 23.1 Å². The van der Waals surface area contributed by atoms with E-state index in [1.807, 2.05) is 38.1 Å². The van der Waals surface area contributed by atoms with Gasteiger partial charge in [0.2, 0.25) is 5.76 Å². The van der Waals surface area contributed by atoms with Crippen LogP contribution < -0.4 is 5.43 Å². The van der Waals surface area contributed by atoms with Crippen molar-refractivity contribution in [2.45, 2.75) is 32.4 Å². The van der Waals surface area contributed by atoms with Crippen LogP contribution in [0.1, 0.15) is 48.0 Å². The third-order valence-electron chi connectivity index (χ3n) is 5.03. The molecule has 0 radical (unpaired) electrons. The van der Waals surface area contributed by atoms with E-state index in [1.165, 1.54) is 0 Å². The lowest BCUT2D eigenvalue weighted by atomic mass is 9.98. The summed E-state index contributed by atoms with van der Waals surface area (Å²) in [5.74, 6) is -0.110. The Morgan fingerprint density at radius 2 is 1.93 bits per heavy atom. The molecule has 5 nitrogen and oxygen atoms in total. The molecule has 1 aliphatic heterocycles. The molecule has 2 heterocycles. The van der Waals surface area contributed by atoms with Crippen molar-refractivity contribution in [2.75, 3.05) is 13.2 Å². The number of benzene rings is 2. The van der Waals surface area contributed by atoms with Crippen LogP contribution in [0, 0.1) is 0 Å². The molecule has 1 aliphatic rings. The number of carbonyl (C=O) groups excluding carboxylic acids is 1. The second kappa shape index (κ2) is 8.13. The first-order valence-corrected chi connectivity index (χ1v) is 10.5. The van der Waals surface area contributed by atoms with E-state index < -0.39 is 6.04 Å². The molecule has 2 aromatic carbocycles. The smallest absolute Gasteiger partial charge is 0.290 e. The van der Waals surface area contributed by atoms with Gasteiger partial charge in [-0.1, -0.05) is 40.2 Å². The number of nitrogens with zero attached hydrogens (tertiary/aromatic N) is 1. The Balaban J connectivity index is 1.81. The van der Waals surface area contributed by atoms with Gasteiger partial charge in [0.25, 0.3) is 5.91 Å². The van der Waals surface area contributed by atoms with Crippen molar-refractivity contribution in [2.24, 2.45) is 0 Å². The van der Waals surface area contributed by atoms with Crippen LogP contribution in [0.25, 0.3) is 11.0 Å². The fraction of sp³-hybridized carbons (Fsp3) is 0.304. The lowest BCUT2D eigenvalue weighted by Crippen LogP contribution is -2.31. The first-order valence-electron chi connectivity index (χ1n) is 9.71. The number of hydrogen-bond acceptors (Lipinski definition) is 4. The van der Waals surface area contributed by atoms with Gasteiger partial charge in [-0.05, 0) is 50.1 Å². The Morgan fingerprint density at radius 3 is 2.69 bits per heavy atom. The van der Waals surface area contributed by atoms with E-state index in [9.17, 15) is 9.59 Å². The molecule has 0 aliphatic carbocycles. The van der Waals surface area contributed by atoms with E-state index in [0.717, 1.165) is 10.0 Å². The summed E-state index contributed by atoms with van der Waals surface area (Å²) < 4.78 is 12.4. The van der Waals surface area contributed by atoms with Gasteiger partial charge in [0, 0.05) is 17.6 Å². The van der Waals surface area contributed by atoms with Gasteiger partial charge < -0.3 is 14.1 Å².